The number of hydrogen-bond donors (Lipinski definition) is 0. The number of carbonyl (C=O) groups excluding carboxylic acids is 1. The summed E-state index contributed by atoms with van der Waals surface area (Å²) in [7, 11) is 4.52. The van der Waals surface area contributed by atoms with E-state index >= 15 is 0 Å². The number of halogens is 1. The molecular weight excluding hydrogens is 485 g/mol. The first-order chi connectivity index (χ1) is 14.0. The quantitative estimate of drug-likeness (QED) is 0.0865. The molecule has 0 unspecified atom stereocenters. The van der Waals surface area contributed by atoms with Crippen molar-refractivity contribution >= 4 is 5.97 Å². The molecule has 0 atom stereocenters. The highest BCUT2D eigenvalue weighted by Crippen LogP contribution is 2.12. The normalized spacial score (nSPS) is 11.3. The van der Waals surface area contributed by atoms with Gasteiger partial charge in [-0.15, -0.1) is 0 Å². The molecule has 0 rings (SSSR count). The topological polar surface area (TPSA) is 26.3 Å². The van der Waals surface area contributed by atoms with Crippen molar-refractivity contribution in [3.8, 4) is 0 Å². The van der Waals surface area contributed by atoms with Gasteiger partial charge in [-0.1, -0.05) is 104 Å². The standard InChI is InChI=1S/C26H54NO2.HI/c1-5-7-9-11-13-14-15-17-19-21-23-27(3,4)24-25-29-26(28)22-20-18-16-12-10-8-6-2;/h5-25H2,1-4H3;1H/q+1;/p-1. The highest BCUT2D eigenvalue weighted by Gasteiger charge is 2.15. The zero-order valence-corrected chi connectivity index (χ0v) is 23.1. The SMILES string of the molecule is CCCCCCCCCCCC[N+](C)(C)CCOC(=O)CCCCCCCCC.[I-]. The average molecular weight is 540 g/mol. The van der Waals surface area contributed by atoms with Crippen LogP contribution in [0.15, 0.2) is 0 Å². The third-order valence-electron chi connectivity index (χ3n) is 6.06. The zero-order valence-electron chi connectivity index (χ0n) is 21.0. The van der Waals surface area contributed by atoms with E-state index in [-0.39, 0.29) is 29.9 Å². The van der Waals surface area contributed by atoms with Crippen LogP contribution in [0.3, 0.4) is 0 Å². The van der Waals surface area contributed by atoms with Crippen molar-refractivity contribution in [1.82, 2.24) is 0 Å². The maximum Gasteiger partial charge on any atom is 0.305 e. The Kier molecular flexibility index (Phi) is 25.7. The molecule has 0 aliphatic carbocycles. The number of rotatable bonds is 22. The van der Waals surface area contributed by atoms with Crippen molar-refractivity contribution in [2.24, 2.45) is 0 Å². The summed E-state index contributed by atoms with van der Waals surface area (Å²) in [6.07, 6.45) is 23.1. The number of carbonyl (C=O) groups is 1. The van der Waals surface area contributed by atoms with Gasteiger partial charge in [0.2, 0.25) is 0 Å². The molecule has 4 heteroatoms. The molecule has 0 aliphatic heterocycles. The number of hydrogen-bond acceptors (Lipinski definition) is 2. The number of esters is 1. The van der Waals surface area contributed by atoms with Crippen LogP contribution in [0.4, 0.5) is 0 Å². The Balaban J connectivity index is 0. The van der Waals surface area contributed by atoms with Gasteiger partial charge in [0, 0.05) is 6.42 Å². The molecule has 0 aromatic rings. The maximum atomic E-state index is 11.9. The van der Waals surface area contributed by atoms with Crippen LogP contribution in [-0.4, -0.2) is 44.2 Å². The molecule has 182 valence electrons. The molecule has 0 aromatic carbocycles. The Labute approximate surface area is 206 Å². The van der Waals surface area contributed by atoms with Gasteiger partial charge in [-0.3, -0.25) is 4.79 Å². The number of nitrogens with zero attached hydrogens (tertiary/aromatic N) is 1. The van der Waals surface area contributed by atoms with Crippen LogP contribution in [0, 0.1) is 0 Å². The average Bonchev–Trinajstić information content (AvgIpc) is 2.68. The third-order valence-corrected chi connectivity index (χ3v) is 6.06. The van der Waals surface area contributed by atoms with E-state index in [9.17, 15) is 4.79 Å². The van der Waals surface area contributed by atoms with Gasteiger partial charge in [0.15, 0.2) is 0 Å². The summed E-state index contributed by atoms with van der Waals surface area (Å²) in [5.74, 6) is -0.00232. The summed E-state index contributed by atoms with van der Waals surface area (Å²) in [6.45, 7) is 7.21. The summed E-state index contributed by atoms with van der Waals surface area (Å²) in [6, 6.07) is 0. The van der Waals surface area contributed by atoms with Crippen LogP contribution in [0.1, 0.15) is 129 Å². The van der Waals surface area contributed by atoms with Gasteiger partial charge >= 0.3 is 5.97 Å². The largest absolute Gasteiger partial charge is 1.00 e. The lowest BCUT2D eigenvalue weighted by Crippen LogP contribution is -3.00. The highest BCUT2D eigenvalue weighted by atomic mass is 127. The molecule has 0 amide bonds. The Bertz CT molecular complexity index is 361. The molecule has 0 fully saturated rings. The molecule has 0 aromatic heterocycles. The number of ether oxygens (including phenoxy) is 1. The first-order valence-electron chi connectivity index (χ1n) is 13.0. The fourth-order valence-corrected chi connectivity index (χ4v) is 3.84. The van der Waals surface area contributed by atoms with E-state index in [1.165, 1.54) is 109 Å². The second-order valence-corrected chi connectivity index (χ2v) is 9.66. The van der Waals surface area contributed by atoms with Crippen LogP contribution in [0.25, 0.3) is 0 Å². The summed E-state index contributed by atoms with van der Waals surface area (Å²) in [5, 5.41) is 0. The van der Waals surface area contributed by atoms with Gasteiger partial charge in [0.05, 0.1) is 20.6 Å². The molecule has 30 heavy (non-hydrogen) atoms. The van der Waals surface area contributed by atoms with Gasteiger partial charge in [-0.2, -0.15) is 0 Å². The summed E-state index contributed by atoms with van der Waals surface area (Å²) >= 11 is 0. The van der Waals surface area contributed by atoms with Crippen LogP contribution < -0.4 is 24.0 Å². The predicted octanol–water partition coefficient (Wildman–Crippen LogP) is 4.67. The third kappa shape index (κ3) is 24.4. The molecule has 3 nitrogen and oxygen atoms in total. The first-order valence-corrected chi connectivity index (χ1v) is 13.0. The van der Waals surface area contributed by atoms with E-state index in [1.54, 1.807) is 0 Å². The van der Waals surface area contributed by atoms with E-state index in [1.807, 2.05) is 0 Å². The van der Waals surface area contributed by atoms with E-state index in [0.717, 1.165) is 17.4 Å². The molecule has 0 heterocycles. The minimum atomic E-state index is -0.00232. The van der Waals surface area contributed by atoms with Crippen molar-refractivity contribution in [2.45, 2.75) is 129 Å². The fourth-order valence-electron chi connectivity index (χ4n) is 3.84. The number of likely N-dealkylation sites (N-methyl/N-ethyl adjacent to an activating group) is 1. The Morgan fingerprint density at radius 1 is 0.600 bits per heavy atom. The molecule has 0 saturated heterocycles. The Hall–Kier alpha value is 0.160. The zero-order chi connectivity index (χ0) is 21.6. The minimum Gasteiger partial charge on any atom is -1.00 e. The minimum absolute atomic E-state index is 0. The van der Waals surface area contributed by atoms with Crippen molar-refractivity contribution in [3.63, 3.8) is 0 Å². The lowest BCUT2D eigenvalue weighted by molar-refractivity contribution is -0.890. The molecule has 0 aliphatic rings. The molecule has 0 spiro atoms. The van der Waals surface area contributed by atoms with Crippen molar-refractivity contribution in [3.05, 3.63) is 0 Å². The number of quaternary nitrogens is 1. The summed E-state index contributed by atoms with van der Waals surface area (Å²) < 4.78 is 6.43. The van der Waals surface area contributed by atoms with Gasteiger partial charge in [-0.05, 0) is 19.3 Å². The molecule has 0 N–H and O–H groups in total. The predicted molar refractivity (Wildman–Crippen MR) is 127 cm³/mol. The van der Waals surface area contributed by atoms with Crippen molar-refractivity contribution < 1.29 is 38.0 Å². The molecular formula is C26H54INO2. The number of unbranched alkanes of at least 4 members (excludes halogenated alkanes) is 15. The van der Waals surface area contributed by atoms with E-state index in [4.69, 9.17) is 4.74 Å². The smallest absolute Gasteiger partial charge is 0.305 e. The Morgan fingerprint density at radius 3 is 1.47 bits per heavy atom. The monoisotopic (exact) mass is 539 g/mol. The molecule has 0 saturated carbocycles. The van der Waals surface area contributed by atoms with Gasteiger partial charge in [0.1, 0.15) is 13.2 Å². The van der Waals surface area contributed by atoms with Gasteiger partial charge in [0.25, 0.3) is 0 Å². The summed E-state index contributed by atoms with van der Waals surface area (Å²) in [4.78, 5) is 11.9. The lowest BCUT2D eigenvalue weighted by atomic mass is 10.1. The molecule has 0 radical (unpaired) electrons. The van der Waals surface area contributed by atoms with Crippen LogP contribution >= 0.6 is 0 Å². The molecule has 0 bridgehead atoms. The van der Waals surface area contributed by atoms with E-state index in [2.05, 4.69) is 27.9 Å². The van der Waals surface area contributed by atoms with E-state index < -0.39 is 0 Å². The van der Waals surface area contributed by atoms with Gasteiger partial charge in [-0.25, -0.2) is 0 Å². The van der Waals surface area contributed by atoms with Crippen molar-refractivity contribution in [2.75, 3.05) is 33.8 Å². The summed E-state index contributed by atoms with van der Waals surface area (Å²) in [5.41, 5.74) is 0. The van der Waals surface area contributed by atoms with E-state index in [0.29, 0.717) is 13.0 Å². The second-order valence-electron chi connectivity index (χ2n) is 9.66. The first kappa shape index (κ1) is 32.3. The Morgan fingerprint density at radius 2 is 1.00 bits per heavy atom. The second kappa shape index (κ2) is 23.8. The fraction of sp³-hybridized carbons (Fsp3) is 0.962. The van der Waals surface area contributed by atoms with Crippen LogP contribution in [0.2, 0.25) is 0 Å². The maximum absolute atomic E-state index is 11.9. The van der Waals surface area contributed by atoms with Crippen molar-refractivity contribution in [1.29, 1.82) is 0 Å². The van der Waals surface area contributed by atoms with Crippen LogP contribution in [-0.2, 0) is 9.53 Å². The highest BCUT2D eigenvalue weighted by molar-refractivity contribution is 5.69. The van der Waals surface area contributed by atoms with Crippen LogP contribution in [0.5, 0.6) is 0 Å². The lowest BCUT2D eigenvalue weighted by Gasteiger charge is -2.29. The van der Waals surface area contributed by atoms with Gasteiger partial charge < -0.3 is 33.2 Å².